The highest BCUT2D eigenvalue weighted by Crippen LogP contribution is 1.96. The second-order valence-electron chi connectivity index (χ2n) is 2.91. The standard InChI is InChI=1S/C9H17NO3S/c1-4-7-14(12,13)8-9(11)10(5-2)6-3/h4H,1,5-8H2,2-3H3. The van der Waals surface area contributed by atoms with Crippen LogP contribution in [0.4, 0.5) is 0 Å². The average molecular weight is 219 g/mol. The summed E-state index contributed by atoms with van der Waals surface area (Å²) >= 11 is 0. The van der Waals surface area contributed by atoms with Crippen molar-refractivity contribution in [3.8, 4) is 0 Å². The number of hydrogen-bond donors (Lipinski definition) is 0. The first-order chi connectivity index (χ1) is 6.46. The molecule has 0 fully saturated rings. The molecule has 4 nitrogen and oxygen atoms in total. The Hall–Kier alpha value is -0.840. The molecule has 5 heteroatoms. The van der Waals surface area contributed by atoms with Crippen molar-refractivity contribution in [2.75, 3.05) is 24.6 Å². The number of rotatable bonds is 6. The van der Waals surface area contributed by atoms with Gasteiger partial charge in [-0.1, -0.05) is 6.08 Å². The molecule has 0 aliphatic rings. The van der Waals surface area contributed by atoms with Crippen molar-refractivity contribution >= 4 is 15.7 Å². The highest BCUT2D eigenvalue weighted by atomic mass is 32.2. The van der Waals surface area contributed by atoms with Gasteiger partial charge in [-0.05, 0) is 13.8 Å². The fourth-order valence-corrected chi connectivity index (χ4v) is 2.13. The predicted octanol–water partition coefficient (Wildman–Crippen LogP) is 0.456. The van der Waals surface area contributed by atoms with E-state index < -0.39 is 15.6 Å². The van der Waals surface area contributed by atoms with Gasteiger partial charge in [0.1, 0.15) is 5.75 Å². The number of carbonyl (C=O) groups excluding carboxylic acids is 1. The van der Waals surface area contributed by atoms with Crippen LogP contribution in [0.5, 0.6) is 0 Å². The van der Waals surface area contributed by atoms with Crippen LogP contribution >= 0.6 is 0 Å². The maximum atomic E-state index is 11.4. The van der Waals surface area contributed by atoms with Crippen molar-refractivity contribution in [2.45, 2.75) is 13.8 Å². The first-order valence-electron chi connectivity index (χ1n) is 4.56. The van der Waals surface area contributed by atoms with Crippen molar-refractivity contribution in [3.63, 3.8) is 0 Å². The zero-order valence-electron chi connectivity index (χ0n) is 8.69. The number of nitrogens with zero attached hydrogens (tertiary/aromatic N) is 1. The molecule has 0 heterocycles. The van der Waals surface area contributed by atoms with Crippen LogP contribution < -0.4 is 0 Å². The van der Waals surface area contributed by atoms with E-state index in [9.17, 15) is 13.2 Å². The molecule has 0 atom stereocenters. The van der Waals surface area contributed by atoms with Gasteiger partial charge in [0.15, 0.2) is 9.84 Å². The molecule has 0 spiro atoms. The van der Waals surface area contributed by atoms with Gasteiger partial charge in [0.25, 0.3) is 0 Å². The van der Waals surface area contributed by atoms with Crippen LogP contribution in [0.25, 0.3) is 0 Å². The Morgan fingerprint density at radius 1 is 1.36 bits per heavy atom. The minimum absolute atomic E-state index is 0.139. The summed E-state index contributed by atoms with van der Waals surface area (Å²) < 4.78 is 22.5. The molecule has 0 saturated carbocycles. The molecule has 0 N–H and O–H groups in total. The maximum Gasteiger partial charge on any atom is 0.237 e. The molecule has 0 bridgehead atoms. The average Bonchev–Trinajstić information content (AvgIpc) is 2.04. The van der Waals surface area contributed by atoms with Gasteiger partial charge < -0.3 is 4.90 Å². The fourth-order valence-electron chi connectivity index (χ4n) is 1.09. The van der Waals surface area contributed by atoms with Gasteiger partial charge >= 0.3 is 0 Å². The normalized spacial score (nSPS) is 11.0. The largest absolute Gasteiger partial charge is 0.342 e. The van der Waals surface area contributed by atoms with Gasteiger partial charge in [-0.25, -0.2) is 8.42 Å². The Balaban J connectivity index is 4.38. The predicted molar refractivity (Wildman–Crippen MR) is 56.8 cm³/mol. The highest BCUT2D eigenvalue weighted by Gasteiger charge is 2.18. The number of carbonyl (C=O) groups is 1. The van der Waals surface area contributed by atoms with E-state index in [1.807, 2.05) is 13.8 Å². The van der Waals surface area contributed by atoms with Crippen LogP contribution in [0.1, 0.15) is 13.8 Å². The summed E-state index contributed by atoms with van der Waals surface area (Å²) in [6.07, 6.45) is 1.30. The summed E-state index contributed by atoms with van der Waals surface area (Å²) in [4.78, 5) is 12.9. The second kappa shape index (κ2) is 5.80. The van der Waals surface area contributed by atoms with Crippen LogP contribution in [-0.4, -0.2) is 43.8 Å². The van der Waals surface area contributed by atoms with Crippen molar-refractivity contribution in [1.29, 1.82) is 0 Å². The SMILES string of the molecule is C=CCS(=O)(=O)CC(=O)N(CC)CC. The summed E-state index contributed by atoms with van der Waals surface area (Å²) in [7, 11) is -3.31. The first-order valence-corrected chi connectivity index (χ1v) is 6.38. The molecular weight excluding hydrogens is 202 g/mol. The molecule has 0 aromatic carbocycles. The van der Waals surface area contributed by atoms with Crippen LogP contribution in [0.15, 0.2) is 12.7 Å². The van der Waals surface area contributed by atoms with Gasteiger partial charge in [-0.2, -0.15) is 0 Å². The van der Waals surface area contributed by atoms with Crippen molar-refractivity contribution in [3.05, 3.63) is 12.7 Å². The minimum atomic E-state index is -3.31. The molecule has 0 rings (SSSR count). The molecule has 0 aliphatic carbocycles. The van der Waals surface area contributed by atoms with Crippen LogP contribution in [-0.2, 0) is 14.6 Å². The summed E-state index contributed by atoms with van der Waals surface area (Å²) in [5.74, 6) is -0.891. The molecule has 82 valence electrons. The molecule has 0 aromatic rings. The Kier molecular flexibility index (Phi) is 5.45. The van der Waals surface area contributed by atoms with E-state index in [1.165, 1.54) is 11.0 Å². The van der Waals surface area contributed by atoms with Crippen molar-refractivity contribution < 1.29 is 13.2 Å². The third-order valence-corrected chi connectivity index (χ3v) is 3.26. The number of amides is 1. The second-order valence-corrected chi connectivity index (χ2v) is 5.02. The molecule has 0 aromatic heterocycles. The van der Waals surface area contributed by atoms with Crippen LogP contribution in [0, 0.1) is 0 Å². The smallest absolute Gasteiger partial charge is 0.237 e. The van der Waals surface area contributed by atoms with Gasteiger partial charge in [0.2, 0.25) is 5.91 Å². The van der Waals surface area contributed by atoms with Gasteiger partial charge in [0, 0.05) is 13.1 Å². The maximum absolute atomic E-state index is 11.4. The molecular formula is C9H17NO3S. The molecule has 0 aliphatic heterocycles. The quantitative estimate of drug-likeness (QED) is 0.610. The van der Waals surface area contributed by atoms with E-state index >= 15 is 0 Å². The van der Waals surface area contributed by atoms with E-state index in [0.717, 1.165) is 0 Å². The molecule has 0 unspecified atom stereocenters. The lowest BCUT2D eigenvalue weighted by molar-refractivity contribution is -0.128. The summed E-state index contributed by atoms with van der Waals surface area (Å²) in [6.45, 7) is 8.06. The highest BCUT2D eigenvalue weighted by molar-refractivity contribution is 7.92. The zero-order chi connectivity index (χ0) is 11.2. The van der Waals surface area contributed by atoms with E-state index in [2.05, 4.69) is 6.58 Å². The minimum Gasteiger partial charge on any atom is -0.342 e. The van der Waals surface area contributed by atoms with E-state index in [1.54, 1.807) is 0 Å². The Bertz CT molecular complexity index is 291. The molecule has 14 heavy (non-hydrogen) atoms. The fraction of sp³-hybridized carbons (Fsp3) is 0.667. The van der Waals surface area contributed by atoms with E-state index in [-0.39, 0.29) is 11.7 Å². The van der Waals surface area contributed by atoms with E-state index in [4.69, 9.17) is 0 Å². The van der Waals surface area contributed by atoms with Gasteiger partial charge in [-0.3, -0.25) is 4.79 Å². The zero-order valence-corrected chi connectivity index (χ0v) is 9.51. The molecule has 1 amide bonds. The van der Waals surface area contributed by atoms with Crippen LogP contribution in [0.2, 0.25) is 0 Å². The summed E-state index contributed by atoms with van der Waals surface area (Å²) in [5.41, 5.74) is 0. The van der Waals surface area contributed by atoms with Crippen LogP contribution in [0.3, 0.4) is 0 Å². The lowest BCUT2D eigenvalue weighted by Gasteiger charge is -2.18. The lowest BCUT2D eigenvalue weighted by atomic mass is 10.5. The van der Waals surface area contributed by atoms with Crippen molar-refractivity contribution in [2.24, 2.45) is 0 Å². The van der Waals surface area contributed by atoms with Gasteiger partial charge in [0.05, 0.1) is 5.75 Å². The lowest BCUT2D eigenvalue weighted by Crippen LogP contribution is -2.35. The monoisotopic (exact) mass is 219 g/mol. The van der Waals surface area contributed by atoms with Gasteiger partial charge in [-0.15, -0.1) is 6.58 Å². The summed E-state index contributed by atoms with van der Waals surface area (Å²) in [5, 5.41) is 0. The van der Waals surface area contributed by atoms with Crippen molar-refractivity contribution in [1.82, 2.24) is 4.90 Å². The molecule has 0 radical (unpaired) electrons. The first kappa shape index (κ1) is 13.2. The Morgan fingerprint density at radius 3 is 2.21 bits per heavy atom. The Labute approximate surface area is 85.5 Å². The number of sulfone groups is 1. The number of hydrogen-bond acceptors (Lipinski definition) is 3. The summed E-state index contributed by atoms with van der Waals surface area (Å²) in [6, 6.07) is 0. The third-order valence-electron chi connectivity index (χ3n) is 1.83. The topological polar surface area (TPSA) is 54.5 Å². The Morgan fingerprint density at radius 2 is 1.86 bits per heavy atom. The third kappa shape index (κ3) is 4.41. The van der Waals surface area contributed by atoms with E-state index in [0.29, 0.717) is 13.1 Å². The molecule has 0 saturated heterocycles.